The molecule has 3 rings (SSSR count). The SMILES string of the molecule is Bc1cc(CNc2ccccc2NC(CCC)CC(=O)O)c2c(c1)N(C)C(=O)C2. The summed E-state index contributed by atoms with van der Waals surface area (Å²) in [5.41, 5.74) is 6.12. The Hall–Kier alpha value is -2.96. The third-order valence-corrected chi connectivity index (χ3v) is 5.34. The third kappa shape index (κ3) is 4.91. The highest BCUT2D eigenvalue weighted by Gasteiger charge is 2.26. The average molecular weight is 393 g/mol. The molecule has 1 aliphatic rings. The number of carboxylic acids is 1. The van der Waals surface area contributed by atoms with Crippen molar-refractivity contribution in [1.29, 1.82) is 0 Å². The molecule has 1 heterocycles. The van der Waals surface area contributed by atoms with Crippen LogP contribution < -0.4 is 21.0 Å². The highest BCUT2D eigenvalue weighted by Crippen LogP contribution is 2.31. The number of anilines is 3. The quantitative estimate of drug-likeness (QED) is 0.569. The number of aliphatic carboxylic acids is 1. The lowest BCUT2D eigenvalue weighted by molar-refractivity contribution is -0.137. The van der Waals surface area contributed by atoms with E-state index >= 15 is 0 Å². The van der Waals surface area contributed by atoms with Crippen molar-refractivity contribution in [2.45, 2.75) is 45.2 Å². The number of benzene rings is 2. The monoisotopic (exact) mass is 393 g/mol. The lowest BCUT2D eigenvalue weighted by Crippen LogP contribution is -2.23. The van der Waals surface area contributed by atoms with Gasteiger partial charge in [-0.2, -0.15) is 0 Å². The predicted molar refractivity (Wildman–Crippen MR) is 120 cm³/mol. The summed E-state index contributed by atoms with van der Waals surface area (Å²) in [7, 11) is 3.86. The lowest BCUT2D eigenvalue weighted by Gasteiger charge is -2.21. The molecule has 3 N–H and O–H groups in total. The molecule has 152 valence electrons. The van der Waals surface area contributed by atoms with Crippen molar-refractivity contribution in [2.75, 3.05) is 22.6 Å². The molecule has 1 aliphatic heterocycles. The fourth-order valence-corrected chi connectivity index (χ4v) is 3.89. The van der Waals surface area contributed by atoms with E-state index in [1.54, 1.807) is 4.90 Å². The Balaban J connectivity index is 1.78. The first-order valence-electron chi connectivity index (χ1n) is 10.1. The fraction of sp³-hybridized carbons (Fsp3) is 0.364. The number of carboxylic acid groups (broad SMARTS) is 1. The molecule has 0 saturated heterocycles. The molecule has 0 fully saturated rings. The highest BCUT2D eigenvalue weighted by molar-refractivity contribution is 6.33. The number of carbonyl (C=O) groups excluding carboxylic acids is 1. The predicted octanol–water partition coefficient (Wildman–Crippen LogP) is 2.13. The zero-order valence-corrected chi connectivity index (χ0v) is 17.3. The van der Waals surface area contributed by atoms with E-state index in [1.807, 2.05) is 39.2 Å². The number of carbonyl (C=O) groups is 2. The third-order valence-electron chi connectivity index (χ3n) is 5.34. The number of rotatable bonds is 9. The van der Waals surface area contributed by atoms with Gasteiger partial charge in [0.2, 0.25) is 5.91 Å². The summed E-state index contributed by atoms with van der Waals surface area (Å²) in [6.07, 6.45) is 2.22. The Morgan fingerprint density at radius 1 is 1.28 bits per heavy atom. The first kappa shape index (κ1) is 20.8. The number of fused-ring (bicyclic) bond motifs is 1. The Morgan fingerprint density at radius 2 is 2.00 bits per heavy atom. The largest absolute Gasteiger partial charge is 0.481 e. The van der Waals surface area contributed by atoms with Gasteiger partial charge in [0.15, 0.2) is 0 Å². The molecule has 0 spiro atoms. The number of para-hydroxylation sites is 2. The van der Waals surface area contributed by atoms with Crippen molar-refractivity contribution in [2.24, 2.45) is 0 Å². The minimum atomic E-state index is -0.800. The van der Waals surface area contributed by atoms with Crippen molar-refractivity contribution >= 4 is 42.2 Å². The van der Waals surface area contributed by atoms with E-state index < -0.39 is 5.97 Å². The molecule has 1 amide bonds. The van der Waals surface area contributed by atoms with Crippen molar-refractivity contribution in [3.63, 3.8) is 0 Å². The van der Waals surface area contributed by atoms with Gasteiger partial charge < -0.3 is 20.6 Å². The number of hydrogen-bond acceptors (Lipinski definition) is 4. The number of nitrogens with zero attached hydrogens (tertiary/aromatic N) is 1. The number of amides is 1. The van der Waals surface area contributed by atoms with Gasteiger partial charge in [-0.3, -0.25) is 9.59 Å². The summed E-state index contributed by atoms with van der Waals surface area (Å²) >= 11 is 0. The fourth-order valence-electron chi connectivity index (χ4n) is 3.89. The topological polar surface area (TPSA) is 81.7 Å². The standard InChI is InChI=1S/C22H28BN3O3/c1-3-6-16(11-22(28)29)25-19-8-5-4-7-18(19)24-13-14-9-15(23)10-20-17(14)12-21(27)26(20)2/h4-5,7-10,16,24-25H,3,6,11-13,23H2,1-2H3,(H,28,29). The van der Waals surface area contributed by atoms with Gasteiger partial charge in [0.1, 0.15) is 7.85 Å². The summed E-state index contributed by atoms with van der Waals surface area (Å²) in [5.74, 6) is -0.685. The van der Waals surface area contributed by atoms with Gasteiger partial charge in [-0.25, -0.2) is 0 Å². The van der Waals surface area contributed by atoms with E-state index in [0.717, 1.165) is 46.5 Å². The number of likely N-dealkylation sites (N-methyl/N-ethyl adjacent to an activating group) is 1. The molecule has 0 aromatic heterocycles. The van der Waals surface area contributed by atoms with Crippen LogP contribution in [-0.2, 0) is 22.6 Å². The average Bonchev–Trinajstić information content (AvgIpc) is 2.95. The molecule has 1 atom stereocenters. The van der Waals surface area contributed by atoms with Gasteiger partial charge in [-0.05, 0) is 35.7 Å². The van der Waals surface area contributed by atoms with Crippen LogP contribution in [-0.4, -0.2) is 37.9 Å². The second-order valence-corrected chi connectivity index (χ2v) is 7.68. The van der Waals surface area contributed by atoms with Gasteiger partial charge in [0.25, 0.3) is 0 Å². The Bertz CT molecular complexity index is 916. The van der Waals surface area contributed by atoms with Crippen LogP contribution in [0.1, 0.15) is 37.3 Å². The molecule has 0 radical (unpaired) electrons. The van der Waals surface area contributed by atoms with Crippen molar-refractivity contribution in [1.82, 2.24) is 0 Å². The zero-order chi connectivity index (χ0) is 21.0. The second kappa shape index (κ2) is 9.03. The Kier molecular flexibility index (Phi) is 6.47. The highest BCUT2D eigenvalue weighted by atomic mass is 16.4. The molecule has 1 unspecified atom stereocenters. The maximum atomic E-state index is 12.1. The molecule has 2 aromatic rings. The van der Waals surface area contributed by atoms with Gasteiger partial charge in [-0.1, -0.05) is 37.0 Å². The number of hydrogen-bond donors (Lipinski definition) is 3. The van der Waals surface area contributed by atoms with E-state index in [1.165, 1.54) is 0 Å². The minimum absolute atomic E-state index is 0.0853. The Morgan fingerprint density at radius 3 is 2.69 bits per heavy atom. The summed E-state index contributed by atoms with van der Waals surface area (Å²) in [5, 5.41) is 16.0. The van der Waals surface area contributed by atoms with Crippen LogP contribution in [0.4, 0.5) is 17.1 Å². The van der Waals surface area contributed by atoms with Crippen LogP contribution >= 0.6 is 0 Å². The summed E-state index contributed by atoms with van der Waals surface area (Å²) < 4.78 is 0. The molecule has 6 nitrogen and oxygen atoms in total. The smallest absolute Gasteiger partial charge is 0.305 e. The Labute approximate surface area is 172 Å². The number of nitrogens with one attached hydrogen (secondary N) is 2. The minimum Gasteiger partial charge on any atom is -0.481 e. The summed E-state index contributed by atoms with van der Waals surface area (Å²) in [6.45, 7) is 2.65. The molecular formula is C22H28BN3O3. The summed E-state index contributed by atoms with van der Waals surface area (Å²) in [6, 6.07) is 11.9. The van der Waals surface area contributed by atoms with Crippen LogP contribution in [0.15, 0.2) is 36.4 Å². The van der Waals surface area contributed by atoms with Crippen LogP contribution in [0.25, 0.3) is 0 Å². The van der Waals surface area contributed by atoms with Crippen molar-refractivity contribution in [3.05, 3.63) is 47.5 Å². The molecule has 2 aromatic carbocycles. The first-order chi connectivity index (χ1) is 13.9. The van der Waals surface area contributed by atoms with E-state index in [2.05, 4.69) is 29.7 Å². The van der Waals surface area contributed by atoms with Crippen molar-refractivity contribution < 1.29 is 14.7 Å². The van der Waals surface area contributed by atoms with Gasteiger partial charge >= 0.3 is 5.97 Å². The van der Waals surface area contributed by atoms with Crippen LogP contribution in [0.2, 0.25) is 0 Å². The van der Waals surface area contributed by atoms with E-state index in [-0.39, 0.29) is 18.4 Å². The molecule has 0 bridgehead atoms. The van der Waals surface area contributed by atoms with E-state index in [0.29, 0.717) is 13.0 Å². The summed E-state index contributed by atoms with van der Waals surface area (Å²) in [4.78, 5) is 25.0. The normalized spacial score (nSPS) is 13.9. The molecule has 7 heteroatoms. The molecular weight excluding hydrogens is 365 g/mol. The lowest BCUT2D eigenvalue weighted by atomic mass is 9.90. The molecule has 0 saturated carbocycles. The maximum Gasteiger partial charge on any atom is 0.305 e. The second-order valence-electron chi connectivity index (χ2n) is 7.68. The van der Waals surface area contributed by atoms with E-state index in [4.69, 9.17) is 0 Å². The first-order valence-corrected chi connectivity index (χ1v) is 10.1. The maximum absolute atomic E-state index is 12.1. The van der Waals surface area contributed by atoms with E-state index in [9.17, 15) is 14.7 Å². The van der Waals surface area contributed by atoms with Crippen LogP contribution in [0.5, 0.6) is 0 Å². The van der Waals surface area contributed by atoms with Gasteiger partial charge in [0.05, 0.1) is 24.2 Å². The van der Waals surface area contributed by atoms with Crippen LogP contribution in [0, 0.1) is 0 Å². The molecule has 29 heavy (non-hydrogen) atoms. The zero-order valence-electron chi connectivity index (χ0n) is 17.3. The van der Waals surface area contributed by atoms with Crippen LogP contribution in [0.3, 0.4) is 0 Å². The van der Waals surface area contributed by atoms with Gasteiger partial charge in [-0.15, -0.1) is 0 Å². The van der Waals surface area contributed by atoms with Crippen molar-refractivity contribution in [3.8, 4) is 0 Å². The van der Waals surface area contributed by atoms with Gasteiger partial charge in [0, 0.05) is 25.3 Å². The molecule has 0 aliphatic carbocycles.